The second-order valence-electron chi connectivity index (χ2n) is 5.79. The zero-order chi connectivity index (χ0) is 19.8. The average Bonchev–Trinajstić information content (AvgIpc) is 3.05. The molecule has 0 spiro atoms. The molecule has 0 amide bonds. The number of aryl methyl sites for hydroxylation is 1. The van der Waals surface area contributed by atoms with Crippen molar-refractivity contribution in [1.82, 2.24) is 19.7 Å². The van der Waals surface area contributed by atoms with Crippen molar-refractivity contribution in [1.29, 1.82) is 0 Å². The number of alkyl halides is 6. The first-order chi connectivity index (χ1) is 12.5. The minimum absolute atomic E-state index is 0.0297. The molecular formula is C17H12F6N4. The lowest BCUT2D eigenvalue weighted by atomic mass is 10.1. The maximum absolute atomic E-state index is 12.6. The Bertz CT molecular complexity index is 941. The molecule has 10 heteroatoms. The standard InChI is InChI=1S/C17H12F6N4/c1-10-8-24-15(11-2-4-12(5-3-11)16(18,19)20)25-13(10)9-27-7-6-14(26-27)17(21,22)23/h2-8H,9H2,1H3. The summed E-state index contributed by atoms with van der Waals surface area (Å²) in [6.07, 6.45) is -6.35. The predicted molar refractivity (Wildman–Crippen MR) is 83.5 cm³/mol. The Balaban J connectivity index is 1.87. The molecule has 0 radical (unpaired) electrons. The molecule has 27 heavy (non-hydrogen) atoms. The first-order valence-electron chi connectivity index (χ1n) is 7.65. The van der Waals surface area contributed by atoms with Crippen LogP contribution in [0.2, 0.25) is 0 Å². The van der Waals surface area contributed by atoms with Gasteiger partial charge in [-0.05, 0) is 30.7 Å². The van der Waals surface area contributed by atoms with Crippen molar-refractivity contribution in [3.63, 3.8) is 0 Å². The molecule has 0 unspecified atom stereocenters. The van der Waals surface area contributed by atoms with E-state index in [4.69, 9.17) is 0 Å². The van der Waals surface area contributed by atoms with Crippen LogP contribution in [0.5, 0.6) is 0 Å². The maximum Gasteiger partial charge on any atom is 0.435 e. The average molecular weight is 386 g/mol. The van der Waals surface area contributed by atoms with Crippen LogP contribution in [0.3, 0.4) is 0 Å². The summed E-state index contributed by atoms with van der Waals surface area (Å²) in [5.74, 6) is 0.174. The van der Waals surface area contributed by atoms with Gasteiger partial charge in [0.05, 0.1) is 17.8 Å². The monoisotopic (exact) mass is 386 g/mol. The smallest absolute Gasteiger partial charge is 0.266 e. The first kappa shape index (κ1) is 18.9. The lowest BCUT2D eigenvalue weighted by Crippen LogP contribution is -2.10. The third-order valence-electron chi connectivity index (χ3n) is 3.79. The van der Waals surface area contributed by atoms with E-state index in [9.17, 15) is 26.3 Å². The van der Waals surface area contributed by atoms with Crippen LogP contribution in [0.15, 0.2) is 42.7 Å². The molecule has 0 saturated heterocycles. The second-order valence-corrected chi connectivity index (χ2v) is 5.79. The van der Waals surface area contributed by atoms with Gasteiger partial charge in [0, 0.05) is 18.0 Å². The Kier molecular flexibility index (Phi) is 4.66. The molecule has 0 bridgehead atoms. The Morgan fingerprint density at radius 2 is 1.59 bits per heavy atom. The van der Waals surface area contributed by atoms with Crippen molar-refractivity contribution >= 4 is 0 Å². The van der Waals surface area contributed by atoms with Crippen LogP contribution in [0.25, 0.3) is 11.4 Å². The predicted octanol–water partition coefficient (Wildman–Crippen LogP) is 4.73. The molecular weight excluding hydrogens is 374 g/mol. The molecule has 4 nitrogen and oxygen atoms in total. The summed E-state index contributed by atoms with van der Waals surface area (Å²) in [4.78, 5) is 8.35. The van der Waals surface area contributed by atoms with Crippen LogP contribution in [0.4, 0.5) is 26.3 Å². The summed E-state index contributed by atoms with van der Waals surface area (Å²) in [7, 11) is 0. The van der Waals surface area contributed by atoms with Crippen LogP contribution in [-0.2, 0) is 18.9 Å². The number of benzene rings is 1. The van der Waals surface area contributed by atoms with E-state index in [1.54, 1.807) is 6.92 Å². The summed E-state index contributed by atoms with van der Waals surface area (Å²) in [6.45, 7) is 1.65. The quantitative estimate of drug-likeness (QED) is 0.611. The number of nitrogens with zero attached hydrogens (tertiary/aromatic N) is 4. The third kappa shape index (κ3) is 4.26. The van der Waals surface area contributed by atoms with E-state index in [0.29, 0.717) is 16.8 Å². The number of rotatable bonds is 3. The highest BCUT2D eigenvalue weighted by Gasteiger charge is 2.33. The van der Waals surface area contributed by atoms with E-state index < -0.39 is 23.6 Å². The molecule has 0 aliphatic rings. The SMILES string of the molecule is Cc1cnc(-c2ccc(C(F)(F)F)cc2)nc1Cn1ccc(C(F)(F)F)n1. The maximum atomic E-state index is 12.6. The fourth-order valence-corrected chi connectivity index (χ4v) is 2.34. The highest BCUT2D eigenvalue weighted by atomic mass is 19.4. The molecule has 0 atom stereocenters. The number of hydrogen-bond acceptors (Lipinski definition) is 3. The minimum Gasteiger partial charge on any atom is -0.266 e. The first-order valence-corrected chi connectivity index (χ1v) is 7.65. The molecule has 1 aromatic carbocycles. The summed E-state index contributed by atoms with van der Waals surface area (Å²) in [5.41, 5.74) is -0.417. The lowest BCUT2D eigenvalue weighted by Gasteiger charge is -2.09. The summed E-state index contributed by atoms with van der Waals surface area (Å²) < 4.78 is 76.9. The van der Waals surface area contributed by atoms with Crippen LogP contribution < -0.4 is 0 Å². The zero-order valence-electron chi connectivity index (χ0n) is 13.8. The van der Waals surface area contributed by atoms with Gasteiger partial charge >= 0.3 is 12.4 Å². The highest BCUT2D eigenvalue weighted by molar-refractivity contribution is 5.55. The fraction of sp³-hybridized carbons (Fsp3) is 0.235. The Labute approximate surface area is 149 Å². The molecule has 2 heterocycles. The van der Waals surface area contributed by atoms with Gasteiger partial charge < -0.3 is 0 Å². The van der Waals surface area contributed by atoms with Gasteiger partial charge in [0.2, 0.25) is 0 Å². The van der Waals surface area contributed by atoms with Crippen molar-refractivity contribution in [2.24, 2.45) is 0 Å². The van der Waals surface area contributed by atoms with Crippen LogP contribution in [0, 0.1) is 6.92 Å². The number of halogens is 6. The molecule has 2 aromatic heterocycles. The molecule has 0 saturated carbocycles. The molecule has 0 aliphatic carbocycles. The van der Waals surface area contributed by atoms with Crippen LogP contribution in [-0.4, -0.2) is 19.7 Å². The van der Waals surface area contributed by atoms with Gasteiger partial charge in [-0.1, -0.05) is 12.1 Å². The summed E-state index contributed by atoms with van der Waals surface area (Å²) in [5, 5.41) is 3.47. The molecule has 0 fully saturated rings. The number of hydrogen-bond donors (Lipinski definition) is 0. The van der Waals surface area contributed by atoms with Crippen molar-refractivity contribution in [2.45, 2.75) is 25.8 Å². The Morgan fingerprint density at radius 3 is 2.15 bits per heavy atom. The van der Waals surface area contributed by atoms with Crippen molar-refractivity contribution in [3.8, 4) is 11.4 Å². The number of aromatic nitrogens is 4. The minimum atomic E-state index is -4.54. The van der Waals surface area contributed by atoms with Crippen molar-refractivity contribution in [2.75, 3.05) is 0 Å². The van der Waals surface area contributed by atoms with E-state index in [2.05, 4.69) is 15.1 Å². The zero-order valence-corrected chi connectivity index (χ0v) is 13.8. The second kappa shape index (κ2) is 6.67. The van der Waals surface area contributed by atoms with Gasteiger partial charge in [-0.3, -0.25) is 4.68 Å². The fourth-order valence-electron chi connectivity index (χ4n) is 2.34. The van der Waals surface area contributed by atoms with Gasteiger partial charge in [-0.15, -0.1) is 0 Å². The van der Waals surface area contributed by atoms with Gasteiger partial charge in [-0.25, -0.2) is 9.97 Å². The van der Waals surface area contributed by atoms with Gasteiger partial charge in [0.1, 0.15) is 0 Å². The molecule has 142 valence electrons. The Morgan fingerprint density at radius 1 is 0.926 bits per heavy atom. The van der Waals surface area contributed by atoms with Gasteiger partial charge in [0.15, 0.2) is 11.5 Å². The van der Waals surface area contributed by atoms with E-state index in [0.717, 1.165) is 22.9 Å². The van der Waals surface area contributed by atoms with E-state index in [1.807, 2.05) is 0 Å². The van der Waals surface area contributed by atoms with Crippen LogP contribution >= 0.6 is 0 Å². The van der Waals surface area contributed by atoms with Crippen LogP contribution in [0.1, 0.15) is 22.5 Å². The Hall–Kier alpha value is -2.91. The summed E-state index contributed by atoms with van der Waals surface area (Å²) in [6, 6.07) is 5.18. The lowest BCUT2D eigenvalue weighted by molar-refractivity contribution is -0.141. The van der Waals surface area contributed by atoms with Crippen molar-refractivity contribution < 1.29 is 26.3 Å². The molecule has 0 aliphatic heterocycles. The molecule has 3 rings (SSSR count). The normalized spacial score (nSPS) is 12.4. The van der Waals surface area contributed by atoms with E-state index in [1.165, 1.54) is 24.5 Å². The van der Waals surface area contributed by atoms with Gasteiger partial charge in [-0.2, -0.15) is 31.4 Å². The van der Waals surface area contributed by atoms with Gasteiger partial charge in [0.25, 0.3) is 0 Å². The van der Waals surface area contributed by atoms with E-state index >= 15 is 0 Å². The molecule has 3 aromatic rings. The topological polar surface area (TPSA) is 43.6 Å². The third-order valence-corrected chi connectivity index (χ3v) is 3.79. The largest absolute Gasteiger partial charge is 0.435 e. The molecule has 0 N–H and O–H groups in total. The summed E-state index contributed by atoms with van der Waals surface area (Å²) >= 11 is 0. The van der Waals surface area contributed by atoms with E-state index in [-0.39, 0.29) is 12.4 Å². The van der Waals surface area contributed by atoms with Crippen molar-refractivity contribution in [3.05, 3.63) is 65.2 Å². The highest BCUT2D eigenvalue weighted by Crippen LogP contribution is 2.30.